The molecule has 0 rings (SSSR count). The fourth-order valence-corrected chi connectivity index (χ4v) is 0.254. The Kier molecular flexibility index (Phi) is 18.6. The molecule has 3 nitrogen and oxygen atoms in total. The van der Waals surface area contributed by atoms with Crippen molar-refractivity contribution in [2.45, 2.75) is 13.8 Å². The largest absolute Gasteiger partial charge is 0.463 e. The second-order valence-corrected chi connectivity index (χ2v) is 1.50. The molecule has 0 aromatic carbocycles. The van der Waals surface area contributed by atoms with Gasteiger partial charge in [-0.05, 0) is 20.9 Å². The highest BCUT2D eigenvalue weighted by Crippen LogP contribution is 1.89. The van der Waals surface area contributed by atoms with E-state index < -0.39 is 0 Å². The molecule has 0 saturated carbocycles. The van der Waals surface area contributed by atoms with Crippen LogP contribution in [0.3, 0.4) is 0 Å². The van der Waals surface area contributed by atoms with Gasteiger partial charge in [0.25, 0.3) is 0 Å². The first-order chi connectivity index (χ1) is 4.68. The van der Waals surface area contributed by atoms with Crippen molar-refractivity contribution in [2.75, 3.05) is 13.7 Å². The first-order valence-corrected chi connectivity index (χ1v) is 3.08. The second kappa shape index (κ2) is 12.2. The number of rotatable bonds is 2. The van der Waals surface area contributed by atoms with Gasteiger partial charge in [0.1, 0.15) is 0 Å². The van der Waals surface area contributed by atoms with Gasteiger partial charge in [0.2, 0.25) is 0 Å². The van der Waals surface area contributed by atoms with E-state index in [4.69, 9.17) is 0 Å². The van der Waals surface area contributed by atoms with E-state index >= 15 is 0 Å². The summed E-state index contributed by atoms with van der Waals surface area (Å²) in [6.07, 6.45) is 0. The van der Waals surface area contributed by atoms with Gasteiger partial charge in [-0.15, -0.1) is 12.4 Å². The Morgan fingerprint density at radius 3 is 2.00 bits per heavy atom. The van der Waals surface area contributed by atoms with Gasteiger partial charge in [-0.25, -0.2) is 4.79 Å². The minimum Gasteiger partial charge on any atom is -0.463 e. The Hall–Kier alpha value is -0.540. The normalized spacial score (nSPS) is 6.55. The van der Waals surface area contributed by atoms with Crippen molar-refractivity contribution in [3.8, 4) is 0 Å². The highest BCUT2D eigenvalue weighted by atomic mass is 35.5. The summed E-state index contributed by atoms with van der Waals surface area (Å²) in [5, 5.41) is 0. The van der Waals surface area contributed by atoms with Gasteiger partial charge in [-0.3, -0.25) is 0 Å². The van der Waals surface area contributed by atoms with Crippen LogP contribution in [0.2, 0.25) is 0 Å². The van der Waals surface area contributed by atoms with E-state index in [0.717, 1.165) is 0 Å². The lowest BCUT2D eigenvalue weighted by Gasteiger charge is -1.96. The molecule has 0 fully saturated rings. The summed E-state index contributed by atoms with van der Waals surface area (Å²) in [7, 11) is 1.50. The van der Waals surface area contributed by atoms with Crippen molar-refractivity contribution in [3.05, 3.63) is 12.2 Å². The van der Waals surface area contributed by atoms with E-state index in [-0.39, 0.29) is 18.4 Å². The van der Waals surface area contributed by atoms with E-state index in [1.54, 1.807) is 13.8 Å². The quantitative estimate of drug-likeness (QED) is 0.513. The van der Waals surface area contributed by atoms with Crippen molar-refractivity contribution in [3.63, 3.8) is 0 Å². The molecular weight excluding hydrogens is 166 g/mol. The fourth-order valence-electron chi connectivity index (χ4n) is 0.254. The zero-order valence-electron chi connectivity index (χ0n) is 7.22. The van der Waals surface area contributed by atoms with Crippen LogP contribution in [0.1, 0.15) is 13.8 Å². The van der Waals surface area contributed by atoms with E-state index in [0.29, 0.717) is 12.2 Å². The van der Waals surface area contributed by atoms with Gasteiger partial charge in [0, 0.05) is 5.57 Å². The van der Waals surface area contributed by atoms with Gasteiger partial charge >= 0.3 is 5.97 Å². The molecule has 0 spiro atoms. The van der Waals surface area contributed by atoms with E-state index in [1.807, 2.05) is 0 Å². The molecule has 0 bridgehead atoms. The molecule has 0 aliphatic heterocycles. The molecule has 0 unspecified atom stereocenters. The third kappa shape index (κ3) is 12.6. The molecule has 11 heavy (non-hydrogen) atoms. The van der Waals surface area contributed by atoms with Crippen LogP contribution < -0.4 is 5.73 Å². The smallest absolute Gasteiger partial charge is 0.333 e. The number of esters is 1. The Balaban J connectivity index is -0.000000196. The van der Waals surface area contributed by atoms with Crippen molar-refractivity contribution in [2.24, 2.45) is 5.73 Å². The first-order valence-electron chi connectivity index (χ1n) is 3.08. The number of nitrogens with two attached hydrogens (primary N) is 1. The molecule has 0 aliphatic carbocycles. The topological polar surface area (TPSA) is 52.3 Å². The molecule has 0 aromatic rings. The fraction of sp³-hybridized carbons (Fsp3) is 0.571. The van der Waals surface area contributed by atoms with Gasteiger partial charge in [0.15, 0.2) is 0 Å². The van der Waals surface area contributed by atoms with Gasteiger partial charge in [-0.2, -0.15) is 0 Å². The predicted octanol–water partition coefficient (Wildman–Crippen LogP) is 1.12. The van der Waals surface area contributed by atoms with Crippen LogP contribution in [0.4, 0.5) is 0 Å². The average Bonchev–Trinajstić information content (AvgIpc) is 1.93. The number of carbonyl (C=O) groups excluding carboxylic acids is 1. The summed E-state index contributed by atoms with van der Waals surface area (Å²) >= 11 is 0. The zero-order chi connectivity index (χ0) is 8.57. The molecule has 0 aromatic heterocycles. The van der Waals surface area contributed by atoms with Crippen LogP contribution in [-0.4, -0.2) is 19.6 Å². The number of ether oxygens (including phenoxy) is 1. The highest BCUT2D eigenvalue weighted by molar-refractivity contribution is 5.86. The van der Waals surface area contributed by atoms with Crippen molar-refractivity contribution in [1.29, 1.82) is 0 Å². The van der Waals surface area contributed by atoms with Gasteiger partial charge in [-0.1, -0.05) is 6.58 Å². The molecule has 4 heteroatoms. The summed E-state index contributed by atoms with van der Waals surface area (Å²) in [6, 6.07) is 0. The number of halogens is 1. The van der Waals surface area contributed by atoms with Crippen molar-refractivity contribution >= 4 is 18.4 Å². The number of hydrogen-bond acceptors (Lipinski definition) is 3. The van der Waals surface area contributed by atoms with Crippen molar-refractivity contribution < 1.29 is 9.53 Å². The minimum atomic E-state index is -0.312. The molecular formula is C7H16ClNO2. The lowest BCUT2D eigenvalue weighted by Crippen LogP contribution is -2.03. The molecule has 0 saturated heterocycles. The molecule has 2 N–H and O–H groups in total. The van der Waals surface area contributed by atoms with Crippen LogP contribution in [-0.2, 0) is 9.53 Å². The molecule has 0 amide bonds. The van der Waals surface area contributed by atoms with Crippen LogP contribution >= 0.6 is 12.4 Å². The Labute approximate surface area is 74.0 Å². The van der Waals surface area contributed by atoms with Crippen LogP contribution in [0, 0.1) is 0 Å². The SMILES string of the molecule is C=C(C)C(=O)OCC.CN.Cl. The molecule has 68 valence electrons. The Bertz CT molecular complexity index is 115. The first kappa shape index (κ1) is 16.8. The molecule has 0 heterocycles. The summed E-state index contributed by atoms with van der Waals surface area (Å²) in [4.78, 5) is 10.4. The third-order valence-electron chi connectivity index (χ3n) is 0.624. The standard InChI is InChI=1S/C6H10O2.CH5N.ClH/c1-4-8-6(7)5(2)3;1-2;/h2,4H2,1,3H3;2H2,1H3;1H. The summed E-state index contributed by atoms with van der Waals surface area (Å²) in [5.41, 5.74) is 4.95. The zero-order valence-corrected chi connectivity index (χ0v) is 8.03. The minimum absolute atomic E-state index is 0. The van der Waals surface area contributed by atoms with Crippen molar-refractivity contribution in [1.82, 2.24) is 0 Å². The van der Waals surface area contributed by atoms with Gasteiger partial charge < -0.3 is 10.5 Å². The Morgan fingerprint density at radius 1 is 1.55 bits per heavy atom. The molecule has 0 aliphatic rings. The molecule has 0 atom stereocenters. The van der Waals surface area contributed by atoms with Crippen LogP contribution in [0.15, 0.2) is 12.2 Å². The van der Waals surface area contributed by atoms with E-state index in [2.05, 4.69) is 17.0 Å². The van der Waals surface area contributed by atoms with Crippen LogP contribution in [0.5, 0.6) is 0 Å². The van der Waals surface area contributed by atoms with E-state index in [9.17, 15) is 4.79 Å². The maximum absolute atomic E-state index is 10.4. The monoisotopic (exact) mass is 181 g/mol. The predicted molar refractivity (Wildman–Crippen MR) is 48.8 cm³/mol. The lowest BCUT2D eigenvalue weighted by atomic mass is 10.4. The third-order valence-corrected chi connectivity index (χ3v) is 0.624. The average molecular weight is 182 g/mol. The number of carbonyl (C=O) groups is 1. The van der Waals surface area contributed by atoms with E-state index in [1.165, 1.54) is 7.05 Å². The maximum atomic E-state index is 10.4. The van der Waals surface area contributed by atoms with Gasteiger partial charge in [0.05, 0.1) is 6.61 Å². The lowest BCUT2D eigenvalue weighted by molar-refractivity contribution is -0.138. The van der Waals surface area contributed by atoms with Crippen LogP contribution in [0.25, 0.3) is 0 Å². The molecule has 0 radical (unpaired) electrons. The summed E-state index contributed by atoms with van der Waals surface area (Å²) in [5.74, 6) is -0.312. The summed E-state index contributed by atoms with van der Waals surface area (Å²) in [6.45, 7) is 7.21. The maximum Gasteiger partial charge on any atom is 0.333 e. The number of hydrogen-bond donors (Lipinski definition) is 1. The second-order valence-electron chi connectivity index (χ2n) is 1.50. The Morgan fingerprint density at radius 2 is 1.91 bits per heavy atom. The highest BCUT2D eigenvalue weighted by Gasteiger charge is 1.98. The summed E-state index contributed by atoms with van der Waals surface area (Å²) < 4.78 is 4.56.